The lowest BCUT2D eigenvalue weighted by molar-refractivity contribution is -0.159. The summed E-state index contributed by atoms with van der Waals surface area (Å²) in [5.74, 6) is -0.260. The van der Waals surface area contributed by atoms with Gasteiger partial charge in [0.2, 0.25) is 0 Å². The van der Waals surface area contributed by atoms with Crippen LogP contribution in [0.1, 0.15) is 41.6 Å². The van der Waals surface area contributed by atoms with Gasteiger partial charge in [-0.3, -0.25) is 9.59 Å². The van der Waals surface area contributed by atoms with E-state index in [1.807, 2.05) is 16.8 Å². The minimum Gasteiger partial charge on any atom is -0.469 e. The van der Waals surface area contributed by atoms with Gasteiger partial charge in [-0.25, -0.2) is 4.68 Å². The van der Waals surface area contributed by atoms with E-state index in [1.165, 1.54) is 7.11 Å². The van der Waals surface area contributed by atoms with Gasteiger partial charge in [0.05, 0.1) is 48.5 Å². The van der Waals surface area contributed by atoms with Crippen LogP contribution >= 0.6 is 27.5 Å². The van der Waals surface area contributed by atoms with Crippen molar-refractivity contribution in [3.05, 3.63) is 63.2 Å². The van der Waals surface area contributed by atoms with Gasteiger partial charge in [0.25, 0.3) is 5.91 Å². The Morgan fingerprint density at radius 1 is 1.14 bits per heavy atom. The number of nitrogens with one attached hydrogen (secondary N) is 1. The molecule has 35 heavy (non-hydrogen) atoms. The van der Waals surface area contributed by atoms with Crippen LogP contribution in [-0.2, 0) is 19.8 Å². The number of halogens is 2. The zero-order chi connectivity index (χ0) is 24.4. The summed E-state index contributed by atoms with van der Waals surface area (Å²) >= 11 is 10.0. The lowest BCUT2D eigenvalue weighted by atomic mass is 9.50. The SMILES string of the molecule is COC(=O)[C@H]1CC2(C[C@H](NC(=O)c3ccc(Cl)c4cnn(C5(c6ccc(Br)cc6)COC5)c34)C2)C1. The Hall–Kier alpha value is -2.42. The van der Waals surface area contributed by atoms with E-state index in [-0.39, 0.29) is 29.3 Å². The third-order valence-corrected chi connectivity index (χ3v) is 8.84. The number of benzene rings is 2. The quantitative estimate of drug-likeness (QED) is 0.460. The molecule has 1 amide bonds. The topological polar surface area (TPSA) is 82.5 Å². The van der Waals surface area contributed by atoms with Crippen molar-refractivity contribution in [3.8, 4) is 0 Å². The molecular weight excluding hydrogens is 534 g/mol. The van der Waals surface area contributed by atoms with E-state index in [0.29, 0.717) is 29.3 Å². The third-order valence-electron chi connectivity index (χ3n) is 7.98. The van der Waals surface area contributed by atoms with Crippen molar-refractivity contribution >= 4 is 50.3 Å². The lowest BCUT2D eigenvalue weighted by Crippen LogP contribution is -2.57. The van der Waals surface area contributed by atoms with Gasteiger partial charge in [-0.05, 0) is 60.9 Å². The zero-order valence-electron chi connectivity index (χ0n) is 19.2. The van der Waals surface area contributed by atoms with E-state index in [0.717, 1.165) is 41.1 Å². The van der Waals surface area contributed by atoms with Gasteiger partial charge in [-0.1, -0.05) is 39.7 Å². The van der Waals surface area contributed by atoms with E-state index in [4.69, 9.17) is 26.2 Å². The first kappa shape index (κ1) is 23.0. The summed E-state index contributed by atoms with van der Waals surface area (Å²) in [4.78, 5) is 25.2. The summed E-state index contributed by atoms with van der Waals surface area (Å²) in [6, 6.07) is 11.7. The fourth-order valence-corrected chi connectivity index (χ4v) is 6.55. The van der Waals surface area contributed by atoms with E-state index < -0.39 is 5.54 Å². The van der Waals surface area contributed by atoms with Gasteiger partial charge in [-0.2, -0.15) is 5.10 Å². The highest BCUT2D eigenvalue weighted by atomic mass is 79.9. The van der Waals surface area contributed by atoms with E-state index >= 15 is 0 Å². The molecular formula is C26H25BrClN3O4. The maximum atomic E-state index is 13.5. The van der Waals surface area contributed by atoms with E-state index in [1.54, 1.807) is 18.3 Å². The first-order valence-electron chi connectivity index (χ1n) is 11.7. The number of methoxy groups -OCH3 is 1. The second kappa shape index (κ2) is 8.32. The van der Waals surface area contributed by atoms with Gasteiger partial charge < -0.3 is 14.8 Å². The molecule has 3 aliphatic rings. The van der Waals surface area contributed by atoms with E-state index in [9.17, 15) is 9.59 Å². The monoisotopic (exact) mass is 557 g/mol. The predicted octanol–water partition coefficient (Wildman–Crippen LogP) is 4.69. The minimum absolute atomic E-state index is 0.00129. The van der Waals surface area contributed by atoms with Crippen LogP contribution in [-0.4, -0.2) is 48.0 Å². The summed E-state index contributed by atoms with van der Waals surface area (Å²) < 4.78 is 13.4. The molecule has 182 valence electrons. The van der Waals surface area contributed by atoms with Gasteiger partial charge in [0, 0.05) is 15.9 Å². The van der Waals surface area contributed by atoms with Crippen molar-refractivity contribution in [1.82, 2.24) is 15.1 Å². The molecule has 0 radical (unpaired) electrons. The molecule has 9 heteroatoms. The molecule has 6 rings (SSSR count). The number of carbonyl (C=O) groups excluding carboxylic acids is 2. The number of esters is 1. The predicted molar refractivity (Wildman–Crippen MR) is 134 cm³/mol. The molecule has 1 aromatic heterocycles. The Balaban J connectivity index is 1.27. The number of fused-ring (bicyclic) bond motifs is 1. The Morgan fingerprint density at radius 2 is 1.86 bits per heavy atom. The summed E-state index contributed by atoms with van der Waals surface area (Å²) in [7, 11) is 1.44. The van der Waals surface area contributed by atoms with Crippen molar-refractivity contribution in [1.29, 1.82) is 0 Å². The van der Waals surface area contributed by atoms with Crippen molar-refractivity contribution in [2.24, 2.45) is 11.3 Å². The first-order valence-corrected chi connectivity index (χ1v) is 12.9. The molecule has 1 spiro atoms. The van der Waals surface area contributed by atoms with Gasteiger partial charge in [0.1, 0.15) is 5.54 Å². The average molecular weight is 559 g/mol. The maximum Gasteiger partial charge on any atom is 0.308 e. The largest absolute Gasteiger partial charge is 0.469 e. The Bertz CT molecular complexity index is 1320. The van der Waals surface area contributed by atoms with Crippen molar-refractivity contribution < 1.29 is 19.1 Å². The highest BCUT2D eigenvalue weighted by Crippen LogP contribution is 2.59. The smallest absolute Gasteiger partial charge is 0.308 e. The standard InChI is InChI=1S/C26H25BrClN3O4/c1-34-24(33)15-8-25(9-15)10-18(11-25)30-23(32)19-6-7-21(28)20-12-29-31(22(19)20)26(13-35-14-26)16-2-4-17(27)5-3-16/h2-7,12,15,18H,8-11,13-14H2,1H3,(H,30,32)/t15-,18-,25?. The number of ether oxygens (including phenoxy) is 2. The summed E-state index contributed by atoms with van der Waals surface area (Å²) in [5.41, 5.74) is 1.99. The molecule has 0 bridgehead atoms. The van der Waals surface area contributed by atoms with E-state index in [2.05, 4.69) is 33.4 Å². The Morgan fingerprint density at radius 3 is 2.49 bits per heavy atom. The molecule has 1 N–H and O–H groups in total. The summed E-state index contributed by atoms with van der Waals surface area (Å²) in [6.07, 6.45) is 5.20. The van der Waals surface area contributed by atoms with Crippen LogP contribution in [0.4, 0.5) is 0 Å². The number of rotatable bonds is 5. The molecule has 1 aliphatic heterocycles. The lowest BCUT2D eigenvalue weighted by Gasteiger charge is -2.56. The van der Waals surface area contributed by atoms with Gasteiger partial charge >= 0.3 is 5.97 Å². The summed E-state index contributed by atoms with van der Waals surface area (Å²) in [6.45, 7) is 0.928. The molecule has 0 atom stereocenters. The molecule has 7 nitrogen and oxygen atoms in total. The summed E-state index contributed by atoms with van der Waals surface area (Å²) in [5, 5.41) is 9.20. The van der Waals surface area contributed by atoms with Crippen molar-refractivity contribution in [3.63, 3.8) is 0 Å². The molecule has 2 aliphatic carbocycles. The fourth-order valence-electron chi connectivity index (χ4n) is 6.09. The second-order valence-electron chi connectivity index (χ2n) is 10.2. The van der Waals surface area contributed by atoms with Gasteiger partial charge in [-0.15, -0.1) is 0 Å². The van der Waals surface area contributed by atoms with Crippen LogP contribution in [0.5, 0.6) is 0 Å². The zero-order valence-corrected chi connectivity index (χ0v) is 21.6. The number of carbonyl (C=O) groups is 2. The van der Waals surface area contributed by atoms with Gasteiger partial charge in [0.15, 0.2) is 0 Å². The molecule has 3 aromatic rings. The van der Waals surface area contributed by atoms with Crippen LogP contribution in [0.2, 0.25) is 5.02 Å². The molecule has 2 saturated carbocycles. The molecule has 3 fully saturated rings. The van der Waals surface area contributed by atoms with Crippen LogP contribution in [0.25, 0.3) is 10.9 Å². The normalized spacial score (nSPS) is 26.5. The number of hydrogen-bond donors (Lipinski definition) is 1. The number of hydrogen-bond acceptors (Lipinski definition) is 5. The van der Waals surface area contributed by atoms with Crippen molar-refractivity contribution in [2.45, 2.75) is 37.3 Å². The first-order chi connectivity index (χ1) is 16.8. The number of amides is 1. The highest BCUT2D eigenvalue weighted by Gasteiger charge is 2.55. The third kappa shape index (κ3) is 3.60. The van der Waals surface area contributed by atoms with Crippen molar-refractivity contribution in [2.75, 3.05) is 20.3 Å². The van der Waals surface area contributed by atoms with Crippen LogP contribution in [0.15, 0.2) is 47.1 Å². The number of nitrogens with zero attached hydrogens (tertiary/aromatic N) is 2. The molecule has 1 saturated heterocycles. The molecule has 2 aromatic carbocycles. The fraction of sp³-hybridized carbons (Fsp3) is 0.423. The molecule has 0 unspecified atom stereocenters. The van der Waals surface area contributed by atoms with Crippen LogP contribution in [0, 0.1) is 11.3 Å². The average Bonchev–Trinajstić information content (AvgIpc) is 3.21. The second-order valence-corrected chi connectivity index (χ2v) is 11.5. The minimum atomic E-state index is -0.502. The van der Waals surface area contributed by atoms with Crippen LogP contribution in [0.3, 0.4) is 0 Å². The maximum absolute atomic E-state index is 13.5. The highest BCUT2D eigenvalue weighted by molar-refractivity contribution is 9.10. The Labute approximate surface area is 216 Å². The molecule has 2 heterocycles. The van der Waals surface area contributed by atoms with Crippen LogP contribution < -0.4 is 5.32 Å². The Kier molecular flexibility index (Phi) is 5.47. The number of aromatic nitrogens is 2.